The van der Waals surface area contributed by atoms with Gasteiger partial charge in [-0.15, -0.1) is 0 Å². The molecule has 0 fully saturated rings. The molecule has 0 saturated carbocycles. The van der Waals surface area contributed by atoms with Crippen molar-refractivity contribution in [2.75, 3.05) is 0 Å². The van der Waals surface area contributed by atoms with Gasteiger partial charge >= 0.3 is 0 Å². The molecule has 0 bridgehead atoms. The van der Waals surface area contributed by atoms with E-state index in [0.29, 0.717) is 27.6 Å². The lowest BCUT2D eigenvalue weighted by atomic mass is 10.1. The average molecular weight is 391 g/mol. The Labute approximate surface area is 159 Å². The molecule has 2 aromatic carbocycles. The molecule has 0 aliphatic carbocycles. The number of hydrogen-bond donors (Lipinski definition) is 2. The number of hydrogen-bond acceptors (Lipinski definition) is 6. The monoisotopic (exact) mass is 391 g/mol. The summed E-state index contributed by atoms with van der Waals surface area (Å²) in [6.45, 7) is 0. The second kappa shape index (κ2) is 5.93. The molecule has 0 spiro atoms. The lowest BCUT2D eigenvalue weighted by molar-refractivity contribution is 0.457. The molecule has 3 aromatic heterocycles. The van der Waals surface area contributed by atoms with E-state index >= 15 is 0 Å². The maximum absolute atomic E-state index is 12.9. The molecular weight excluding hydrogens is 378 g/mol. The van der Waals surface area contributed by atoms with Gasteiger partial charge in [0.05, 0.1) is 9.79 Å². The zero-order valence-corrected chi connectivity index (χ0v) is 15.1. The van der Waals surface area contributed by atoms with Crippen molar-refractivity contribution in [3.8, 4) is 17.3 Å². The standard InChI is InChI=1S/C20H13N3O4S/c24-19-18(20-23-16-5-1-2-6-17(16)27-20)14-10-12(7-8-15(14)22-19)28(25,26)13-4-3-9-21-11-13/h1-11,22,24H. The number of sulfone groups is 1. The second-order valence-corrected chi connectivity index (χ2v) is 8.18. The van der Waals surface area contributed by atoms with Crippen LogP contribution in [-0.2, 0) is 9.84 Å². The van der Waals surface area contributed by atoms with Gasteiger partial charge in [-0.25, -0.2) is 13.4 Å². The number of H-pyrrole nitrogens is 1. The third-order valence-electron chi connectivity index (χ3n) is 4.51. The van der Waals surface area contributed by atoms with Crippen LogP contribution in [0.5, 0.6) is 5.88 Å². The molecule has 0 saturated heterocycles. The van der Waals surface area contributed by atoms with Crippen molar-refractivity contribution < 1.29 is 17.9 Å². The predicted molar refractivity (Wildman–Crippen MR) is 103 cm³/mol. The summed E-state index contributed by atoms with van der Waals surface area (Å²) in [5.74, 6) is 0.0679. The van der Waals surface area contributed by atoms with Crippen molar-refractivity contribution in [2.24, 2.45) is 0 Å². The zero-order chi connectivity index (χ0) is 19.3. The summed E-state index contributed by atoms with van der Waals surface area (Å²) in [6, 6.07) is 14.9. The van der Waals surface area contributed by atoms with Crippen molar-refractivity contribution in [2.45, 2.75) is 9.79 Å². The minimum absolute atomic E-state index is 0.0874. The van der Waals surface area contributed by atoms with Gasteiger partial charge in [-0.1, -0.05) is 12.1 Å². The number of oxazole rings is 1. The van der Waals surface area contributed by atoms with Crippen molar-refractivity contribution >= 4 is 31.8 Å². The molecule has 0 atom stereocenters. The van der Waals surface area contributed by atoms with E-state index in [1.807, 2.05) is 12.1 Å². The summed E-state index contributed by atoms with van der Waals surface area (Å²) in [4.78, 5) is 11.3. The highest BCUT2D eigenvalue weighted by Crippen LogP contribution is 2.38. The van der Waals surface area contributed by atoms with Crippen LogP contribution in [0.15, 0.2) is 81.2 Å². The first-order chi connectivity index (χ1) is 13.5. The number of nitrogens with zero attached hydrogens (tertiary/aromatic N) is 2. The lowest BCUT2D eigenvalue weighted by Crippen LogP contribution is -2.02. The number of pyridine rings is 1. The molecule has 3 heterocycles. The quantitative estimate of drug-likeness (QED) is 0.483. The van der Waals surface area contributed by atoms with Gasteiger partial charge in [0.1, 0.15) is 11.1 Å². The van der Waals surface area contributed by atoms with Crippen molar-refractivity contribution in [1.29, 1.82) is 0 Å². The maximum atomic E-state index is 12.9. The SMILES string of the molecule is O=S(=O)(c1cccnc1)c1ccc2[nH]c(O)c(-c3nc4ccccc4o3)c2c1. The Hall–Kier alpha value is -3.65. The Morgan fingerprint density at radius 3 is 2.64 bits per heavy atom. The topological polar surface area (TPSA) is 109 Å². The fourth-order valence-electron chi connectivity index (χ4n) is 3.16. The largest absolute Gasteiger partial charge is 0.494 e. The Bertz CT molecular complexity index is 1400. The Kier molecular flexibility index (Phi) is 3.50. The molecule has 5 aromatic rings. The number of benzene rings is 2. The highest BCUT2D eigenvalue weighted by molar-refractivity contribution is 7.91. The van der Waals surface area contributed by atoms with Crippen LogP contribution in [0.1, 0.15) is 0 Å². The number of para-hydroxylation sites is 2. The van der Waals surface area contributed by atoms with E-state index in [1.54, 1.807) is 24.3 Å². The normalized spacial score (nSPS) is 12.0. The van der Waals surface area contributed by atoms with E-state index in [-0.39, 0.29) is 21.6 Å². The number of fused-ring (bicyclic) bond motifs is 2. The fraction of sp³-hybridized carbons (Fsp3) is 0. The van der Waals surface area contributed by atoms with E-state index in [4.69, 9.17) is 4.42 Å². The van der Waals surface area contributed by atoms with Crippen LogP contribution in [0.25, 0.3) is 33.5 Å². The molecule has 0 unspecified atom stereocenters. The fourth-order valence-corrected chi connectivity index (χ4v) is 4.41. The molecule has 7 nitrogen and oxygen atoms in total. The number of rotatable bonds is 3. The van der Waals surface area contributed by atoms with Gasteiger partial charge in [0.15, 0.2) is 5.58 Å². The number of aromatic hydroxyl groups is 1. The molecule has 2 N–H and O–H groups in total. The summed E-state index contributed by atoms with van der Waals surface area (Å²) >= 11 is 0. The van der Waals surface area contributed by atoms with E-state index in [1.165, 1.54) is 30.6 Å². The predicted octanol–water partition coefficient (Wildman–Crippen LogP) is 3.91. The van der Waals surface area contributed by atoms with Crippen LogP contribution in [0.3, 0.4) is 0 Å². The molecule has 0 amide bonds. The van der Waals surface area contributed by atoms with E-state index in [0.717, 1.165) is 0 Å². The van der Waals surface area contributed by atoms with Crippen LogP contribution >= 0.6 is 0 Å². The van der Waals surface area contributed by atoms with Crippen molar-refractivity contribution in [1.82, 2.24) is 15.0 Å². The summed E-state index contributed by atoms with van der Waals surface area (Å²) in [5, 5.41) is 10.9. The van der Waals surface area contributed by atoms with Crippen LogP contribution in [0.4, 0.5) is 0 Å². The van der Waals surface area contributed by atoms with Gasteiger partial charge in [0.25, 0.3) is 0 Å². The molecule has 0 radical (unpaired) electrons. The molecule has 28 heavy (non-hydrogen) atoms. The smallest absolute Gasteiger partial charge is 0.233 e. The van der Waals surface area contributed by atoms with Crippen LogP contribution < -0.4 is 0 Å². The molecule has 5 rings (SSSR count). The molecule has 138 valence electrons. The van der Waals surface area contributed by atoms with Crippen LogP contribution in [0, 0.1) is 0 Å². The van der Waals surface area contributed by atoms with Gasteiger partial charge in [0, 0.05) is 23.3 Å². The molecular formula is C20H13N3O4S. The average Bonchev–Trinajstić information content (AvgIpc) is 3.27. The van der Waals surface area contributed by atoms with Gasteiger partial charge in [-0.05, 0) is 42.5 Å². The number of nitrogens with one attached hydrogen (secondary N) is 1. The second-order valence-electron chi connectivity index (χ2n) is 6.23. The summed E-state index contributed by atoms with van der Waals surface area (Å²) in [7, 11) is -3.75. The Morgan fingerprint density at radius 2 is 1.86 bits per heavy atom. The number of aromatic amines is 1. The van der Waals surface area contributed by atoms with Crippen molar-refractivity contribution in [3.05, 3.63) is 67.0 Å². The van der Waals surface area contributed by atoms with Gasteiger partial charge in [0.2, 0.25) is 21.6 Å². The highest BCUT2D eigenvalue weighted by atomic mass is 32.2. The molecule has 8 heteroatoms. The van der Waals surface area contributed by atoms with E-state index < -0.39 is 9.84 Å². The third-order valence-corrected chi connectivity index (χ3v) is 6.25. The third kappa shape index (κ3) is 2.46. The summed E-state index contributed by atoms with van der Waals surface area (Å²) in [6.07, 6.45) is 2.81. The van der Waals surface area contributed by atoms with Crippen LogP contribution in [-0.4, -0.2) is 28.5 Å². The minimum atomic E-state index is -3.75. The number of aromatic nitrogens is 3. The van der Waals surface area contributed by atoms with Gasteiger partial charge in [-0.3, -0.25) is 4.98 Å². The summed E-state index contributed by atoms with van der Waals surface area (Å²) in [5.41, 5.74) is 2.10. The van der Waals surface area contributed by atoms with Gasteiger partial charge < -0.3 is 14.5 Å². The van der Waals surface area contributed by atoms with Crippen LogP contribution in [0.2, 0.25) is 0 Å². The zero-order valence-electron chi connectivity index (χ0n) is 14.3. The summed E-state index contributed by atoms with van der Waals surface area (Å²) < 4.78 is 31.6. The Morgan fingerprint density at radius 1 is 1.00 bits per heavy atom. The van der Waals surface area contributed by atoms with E-state index in [9.17, 15) is 13.5 Å². The van der Waals surface area contributed by atoms with Crippen molar-refractivity contribution in [3.63, 3.8) is 0 Å². The maximum Gasteiger partial charge on any atom is 0.233 e. The molecule has 0 aliphatic heterocycles. The highest BCUT2D eigenvalue weighted by Gasteiger charge is 2.23. The van der Waals surface area contributed by atoms with Gasteiger partial charge in [-0.2, -0.15) is 0 Å². The Balaban J connectivity index is 1.73. The molecule has 0 aliphatic rings. The lowest BCUT2D eigenvalue weighted by Gasteiger charge is -2.04. The first-order valence-corrected chi connectivity index (χ1v) is 9.88. The minimum Gasteiger partial charge on any atom is -0.494 e. The van der Waals surface area contributed by atoms with E-state index in [2.05, 4.69) is 15.0 Å². The first kappa shape index (κ1) is 16.5. The first-order valence-electron chi connectivity index (χ1n) is 8.40.